The van der Waals surface area contributed by atoms with Crippen molar-refractivity contribution in [1.29, 1.82) is 0 Å². The topological polar surface area (TPSA) is 108 Å². The van der Waals surface area contributed by atoms with Gasteiger partial charge in [-0.3, -0.25) is 23.5 Å². The van der Waals surface area contributed by atoms with Crippen LogP contribution in [0.25, 0.3) is 11.2 Å². The van der Waals surface area contributed by atoms with Crippen molar-refractivity contribution in [2.24, 2.45) is 21.1 Å². The molecule has 0 spiro atoms. The standard InChI is InChI=1S/C18H19N5O4S/c1-10(24)11-5-7-12(8-6-11)19-13(25)9-28-17-20-14-15(21(17)2)22(3)18(27)23(4)16(14)26/h5-8H,9H2,1-4H3,(H,19,25). The zero-order valence-corrected chi connectivity index (χ0v) is 16.7. The number of nitrogens with zero attached hydrogens (tertiary/aromatic N) is 4. The number of hydrogen-bond donors (Lipinski definition) is 1. The molecule has 3 aromatic rings. The molecule has 2 aromatic heterocycles. The van der Waals surface area contributed by atoms with Crippen LogP contribution in [0, 0.1) is 0 Å². The van der Waals surface area contributed by atoms with E-state index in [1.165, 1.54) is 18.5 Å². The molecular weight excluding hydrogens is 382 g/mol. The van der Waals surface area contributed by atoms with Crippen molar-refractivity contribution in [3.63, 3.8) is 0 Å². The van der Waals surface area contributed by atoms with Crippen molar-refractivity contribution in [3.05, 3.63) is 50.7 Å². The number of nitrogens with one attached hydrogen (secondary N) is 1. The molecule has 3 rings (SSSR count). The molecule has 0 aliphatic carbocycles. The fourth-order valence-corrected chi connectivity index (χ4v) is 3.57. The Balaban J connectivity index is 1.77. The van der Waals surface area contributed by atoms with Crippen LogP contribution < -0.4 is 16.6 Å². The van der Waals surface area contributed by atoms with Crippen LogP contribution >= 0.6 is 11.8 Å². The van der Waals surface area contributed by atoms with E-state index in [4.69, 9.17) is 0 Å². The van der Waals surface area contributed by atoms with Crippen molar-refractivity contribution in [3.8, 4) is 0 Å². The molecule has 28 heavy (non-hydrogen) atoms. The Morgan fingerprint density at radius 3 is 2.29 bits per heavy atom. The van der Waals surface area contributed by atoms with E-state index in [2.05, 4.69) is 10.3 Å². The maximum absolute atomic E-state index is 12.3. The Morgan fingerprint density at radius 2 is 1.68 bits per heavy atom. The fraction of sp³-hybridized carbons (Fsp3) is 0.278. The maximum Gasteiger partial charge on any atom is 0.332 e. The van der Waals surface area contributed by atoms with Crippen molar-refractivity contribution in [1.82, 2.24) is 18.7 Å². The number of imidazole rings is 1. The molecule has 1 N–H and O–H groups in total. The zero-order valence-electron chi connectivity index (χ0n) is 15.8. The molecular formula is C18H19N5O4S. The number of Topliss-reactive ketones (excluding diaryl/α,β-unsaturated/α-hetero) is 1. The van der Waals surface area contributed by atoms with Gasteiger partial charge in [-0.05, 0) is 31.2 Å². The Bertz CT molecular complexity index is 1200. The predicted molar refractivity (Wildman–Crippen MR) is 107 cm³/mol. The lowest BCUT2D eigenvalue weighted by molar-refractivity contribution is -0.113. The Hall–Kier alpha value is -3.14. The van der Waals surface area contributed by atoms with Crippen LogP contribution in [-0.2, 0) is 25.9 Å². The number of carbonyl (C=O) groups is 2. The largest absolute Gasteiger partial charge is 0.332 e. The van der Waals surface area contributed by atoms with Gasteiger partial charge in [-0.2, -0.15) is 0 Å². The van der Waals surface area contributed by atoms with Crippen molar-refractivity contribution >= 4 is 40.3 Å². The Morgan fingerprint density at radius 1 is 1.04 bits per heavy atom. The van der Waals surface area contributed by atoms with Gasteiger partial charge in [0.15, 0.2) is 22.1 Å². The van der Waals surface area contributed by atoms with Gasteiger partial charge >= 0.3 is 5.69 Å². The van der Waals surface area contributed by atoms with Gasteiger partial charge in [0.05, 0.1) is 5.75 Å². The van der Waals surface area contributed by atoms with Crippen molar-refractivity contribution in [2.45, 2.75) is 12.1 Å². The Labute approximate surface area is 164 Å². The molecule has 0 fully saturated rings. The third kappa shape index (κ3) is 3.50. The number of benzene rings is 1. The van der Waals surface area contributed by atoms with Crippen LogP contribution in [0.5, 0.6) is 0 Å². The monoisotopic (exact) mass is 401 g/mol. The van der Waals surface area contributed by atoms with Gasteiger partial charge in [0.25, 0.3) is 5.56 Å². The molecule has 0 aliphatic rings. The van der Waals surface area contributed by atoms with Gasteiger partial charge in [-0.25, -0.2) is 9.78 Å². The number of rotatable bonds is 5. The summed E-state index contributed by atoms with van der Waals surface area (Å²) in [4.78, 5) is 52.2. The number of thioether (sulfide) groups is 1. The summed E-state index contributed by atoms with van der Waals surface area (Å²) in [6, 6.07) is 6.61. The lowest BCUT2D eigenvalue weighted by Gasteiger charge is -2.07. The minimum atomic E-state index is -0.476. The third-order valence-corrected chi connectivity index (χ3v) is 5.36. The highest BCUT2D eigenvalue weighted by Gasteiger charge is 2.18. The van der Waals surface area contributed by atoms with E-state index in [0.29, 0.717) is 22.1 Å². The fourth-order valence-electron chi connectivity index (χ4n) is 2.80. The number of ketones is 1. The summed E-state index contributed by atoms with van der Waals surface area (Å²) in [7, 11) is 4.66. The number of fused-ring (bicyclic) bond motifs is 1. The lowest BCUT2D eigenvalue weighted by atomic mass is 10.1. The summed E-state index contributed by atoms with van der Waals surface area (Å²) in [5.74, 6) is -0.231. The maximum atomic E-state index is 12.3. The number of aromatic nitrogens is 4. The molecule has 0 saturated carbocycles. The molecule has 0 radical (unpaired) electrons. The van der Waals surface area contributed by atoms with Gasteiger partial charge in [0.1, 0.15) is 0 Å². The van der Waals surface area contributed by atoms with Crippen LogP contribution in [0.1, 0.15) is 17.3 Å². The van der Waals surface area contributed by atoms with Crippen LogP contribution in [0.15, 0.2) is 39.0 Å². The molecule has 1 aromatic carbocycles. The number of aryl methyl sites for hydroxylation is 2. The van der Waals surface area contributed by atoms with Gasteiger partial charge in [-0.1, -0.05) is 11.8 Å². The summed E-state index contributed by atoms with van der Waals surface area (Å²) in [5, 5.41) is 3.20. The molecule has 0 bridgehead atoms. The summed E-state index contributed by atoms with van der Waals surface area (Å²) in [6.07, 6.45) is 0. The number of carbonyl (C=O) groups excluding carboxylic acids is 2. The summed E-state index contributed by atoms with van der Waals surface area (Å²) >= 11 is 1.16. The van der Waals surface area contributed by atoms with E-state index in [1.54, 1.807) is 42.9 Å². The van der Waals surface area contributed by atoms with E-state index in [0.717, 1.165) is 16.3 Å². The third-order valence-electron chi connectivity index (χ3n) is 4.33. The SMILES string of the molecule is CC(=O)c1ccc(NC(=O)CSc2nc3c(=O)n(C)c(=O)n(C)c3n2C)cc1. The van der Waals surface area contributed by atoms with Crippen molar-refractivity contribution in [2.75, 3.05) is 11.1 Å². The molecule has 10 heteroatoms. The highest BCUT2D eigenvalue weighted by atomic mass is 32.2. The van der Waals surface area contributed by atoms with E-state index >= 15 is 0 Å². The van der Waals surface area contributed by atoms with Crippen LogP contribution in [0.3, 0.4) is 0 Å². The van der Waals surface area contributed by atoms with Crippen LogP contribution in [-0.4, -0.2) is 36.1 Å². The minimum Gasteiger partial charge on any atom is -0.325 e. The highest BCUT2D eigenvalue weighted by Crippen LogP contribution is 2.20. The molecule has 0 saturated heterocycles. The minimum absolute atomic E-state index is 0.0455. The molecule has 0 atom stereocenters. The first-order chi connectivity index (χ1) is 13.2. The van der Waals surface area contributed by atoms with Gasteiger partial charge in [0, 0.05) is 32.4 Å². The first-order valence-corrected chi connectivity index (χ1v) is 9.35. The van der Waals surface area contributed by atoms with Gasteiger partial charge < -0.3 is 9.88 Å². The van der Waals surface area contributed by atoms with Gasteiger partial charge in [0.2, 0.25) is 5.91 Å². The zero-order chi connectivity index (χ0) is 20.6. The van der Waals surface area contributed by atoms with Gasteiger partial charge in [-0.15, -0.1) is 0 Å². The first kappa shape index (κ1) is 19.6. The molecule has 9 nitrogen and oxygen atoms in total. The molecule has 0 unspecified atom stereocenters. The molecule has 1 amide bonds. The highest BCUT2D eigenvalue weighted by molar-refractivity contribution is 7.99. The second-order valence-electron chi connectivity index (χ2n) is 6.30. The van der Waals surface area contributed by atoms with Crippen molar-refractivity contribution < 1.29 is 9.59 Å². The number of anilines is 1. The van der Waals surface area contributed by atoms with E-state index < -0.39 is 11.2 Å². The average Bonchev–Trinajstić information content (AvgIpc) is 3.00. The van der Waals surface area contributed by atoms with Crippen LogP contribution in [0.2, 0.25) is 0 Å². The van der Waals surface area contributed by atoms with E-state index in [-0.39, 0.29) is 23.0 Å². The Kier molecular flexibility index (Phi) is 5.23. The quantitative estimate of drug-likeness (QED) is 0.503. The molecule has 2 heterocycles. The van der Waals surface area contributed by atoms with Crippen LogP contribution in [0.4, 0.5) is 5.69 Å². The van der Waals surface area contributed by atoms with E-state index in [9.17, 15) is 19.2 Å². The smallest absolute Gasteiger partial charge is 0.325 e. The normalized spacial score (nSPS) is 11.0. The summed E-state index contributed by atoms with van der Waals surface area (Å²) in [6.45, 7) is 1.48. The molecule has 146 valence electrons. The number of hydrogen-bond acceptors (Lipinski definition) is 6. The van der Waals surface area contributed by atoms with E-state index in [1.807, 2.05) is 0 Å². The number of amides is 1. The first-order valence-electron chi connectivity index (χ1n) is 8.36. The second-order valence-corrected chi connectivity index (χ2v) is 7.24. The average molecular weight is 401 g/mol. The second kappa shape index (κ2) is 7.47. The lowest BCUT2D eigenvalue weighted by Crippen LogP contribution is -2.37. The summed E-state index contributed by atoms with van der Waals surface area (Å²) in [5.41, 5.74) is 0.807. The predicted octanol–water partition coefficient (Wildman–Crippen LogP) is 0.904. The molecule has 0 aliphatic heterocycles. The summed E-state index contributed by atoms with van der Waals surface area (Å²) < 4.78 is 3.98.